The van der Waals surface area contributed by atoms with Crippen LogP contribution in [0.2, 0.25) is 0 Å². The molecule has 1 N–H and O–H groups in total. The van der Waals surface area contributed by atoms with Gasteiger partial charge >= 0.3 is 11.7 Å². The van der Waals surface area contributed by atoms with Gasteiger partial charge in [-0.1, -0.05) is 91.0 Å². The van der Waals surface area contributed by atoms with Gasteiger partial charge in [0.25, 0.3) is 5.56 Å². The molecule has 0 bridgehead atoms. The van der Waals surface area contributed by atoms with E-state index >= 15 is 0 Å². The second kappa shape index (κ2) is 21.8. The van der Waals surface area contributed by atoms with Crippen molar-refractivity contribution in [3.63, 3.8) is 0 Å². The zero-order valence-corrected chi connectivity index (χ0v) is 33.6. The summed E-state index contributed by atoms with van der Waals surface area (Å²) in [5.74, 6) is -0.629. The molecule has 3 heterocycles. The van der Waals surface area contributed by atoms with Gasteiger partial charge in [0.1, 0.15) is 11.7 Å². The maximum absolute atomic E-state index is 13.3. The molecule has 59 heavy (non-hydrogen) atoms. The van der Waals surface area contributed by atoms with Crippen LogP contribution < -0.4 is 11.2 Å². The summed E-state index contributed by atoms with van der Waals surface area (Å²) in [6.45, 7) is 6.89. The summed E-state index contributed by atoms with van der Waals surface area (Å²) in [5, 5.41) is 0. The molecule has 0 spiro atoms. The molecule has 6 rings (SSSR count). The number of hydrogen-bond acceptors (Lipinski definition) is 12. The third-order valence-electron chi connectivity index (χ3n) is 10.4. The first-order valence-electron chi connectivity index (χ1n) is 20.0. The summed E-state index contributed by atoms with van der Waals surface area (Å²) >= 11 is 0. The SMILES string of the molecule is CC(=O)O[C@H]1[C@H](N2CCOCCOCCN(C(C)=O)CCOCCOCC2)[C@@H](COC(c2ccccc2)(c2ccccc2)c2ccccc2)O[C@H]1n1ccc(=O)[nH]c1=O. The van der Waals surface area contributed by atoms with Gasteiger partial charge < -0.3 is 38.1 Å². The standard InChI is InChI=1S/C44H54N4O11/c1-33(49)46-20-24-53-28-30-55-26-22-47(23-27-56-31-29-54-25-21-46)40-38(59-42(41(40)58-34(2)50)48-19-18-39(51)45-43(48)52)32-57-44(35-12-6-3-7-13-35,36-14-8-4-9-15-36)37-16-10-5-11-17-37/h3-19,38,40-42H,20-32H2,1-2H3,(H,45,51,52)/t38-,40-,41+,42-/m1/s1. The van der Waals surface area contributed by atoms with E-state index in [0.29, 0.717) is 65.8 Å². The number of aromatic amines is 1. The fourth-order valence-corrected chi connectivity index (χ4v) is 7.64. The summed E-state index contributed by atoms with van der Waals surface area (Å²) in [7, 11) is 0. The van der Waals surface area contributed by atoms with Crippen molar-refractivity contribution >= 4 is 11.9 Å². The Morgan fingerprint density at radius 3 is 1.59 bits per heavy atom. The van der Waals surface area contributed by atoms with E-state index in [2.05, 4.69) is 9.88 Å². The zero-order chi connectivity index (χ0) is 41.5. The van der Waals surface area contributed by atoms with Gasteiger partial charge in [-0.3, -0.25) is 28.8 Å². The first kappa shape index (κ1) is 43.6. The Bertz CT molecular complexity index is 1900. The lowest BCUT2D eigenvalue weighted by Gasteiger charge is -2.39. The van der Waals surface area contributed by atoms with Crippen LogP contribution >= 0.6 is 0 Å². The number of aromatic nitrogens is 2. The Morgan fingerprint density at radius 1 is 0.678 bits per heavy atom. The third-order valence-corrected chi connectivity index (χ3v) is 10.4. The molecule has 2 saturated heterocycles. The van der Waals surface area contributed by atoms with Crippen LogP contribution in [0.3, 0.4) is 0 Å². The van der Waals surface area contributed by atoms with Crippen LogP contribution in [-0.2, 0) is 48.3 Å². The minimum atomic E-state index is -1.13. The molecule has 0 unspecified atom stereocenters. The number of carbonyl (C=O) groups excluding carboxylic acids is 2. The van der Waals surface area contributed by atoms with Gasteiger partial charge in [0, 0.05) is 52.3 Å². The Hall–Kier alpha value is -5.00. The molecule has 1 aromatic heterocycles. The molecule has 4 aromatic rings. The largest absolute Gasteiger partial charge is 0.456 e. The van der Waals surface area contributed by atoms with E-state index in [1.807, 2.05) is 91.0 Å². The number of benzene rings is 3. The van der Waals surface area contributed by atoms with Crippen molar-refractivity contribution in [1.82, 2.24) is 19.4 Å². The third kappa shape index (κ3) is 11.4. The average Bonchev–Trinajstić information content (AvgIpc) is 3.58. The van der Waals surface area contributed by atoms with Crippen molar-refractivity contribution in [3.05, 3.63) is 141 Å². The number of nitrogens with zero attached hydrogens (tertiary/aromatic N) is 3. The van der Waals surface area contributed by atoms with Gasteiger partial charge in [0.05, 0.1) is 65.5 Å². The molecule has 15 heteroatoms. The van der Waals surface area contributed by atoms with Crippen molar-refractivity contribution in [2.24, 2.45) is 0 Å². The molecule has 0 saturated carbocycles. The average molecular weight is 815 g/mol. The highest BCUT2D eigenvalue weighted by Crippen LogP contribution is 2.42. The Balaban J connectivity index is 1.35. The quantitative estimate of drug-likeness (QED) is 0.195. The lowest BCUT2D eigenvalue weighted by molar-refractivity contribution is -0.155. The van der Waals surface area contributed by atoms with E-state index in [-0.39, 0.29) is 25.7 Å². The number of esters is 1. The van der Waals surface area contributed by atoms with Gasteiger partial charge in [-0.05, 0) is 16.7 Å². The number of rotatable bonds is 9. The number of amides is 1. The molecule has 1 amide bonds. The molecule has 2 fully saturated rings. The van der Waals surface area contributed by atoms with Gasteiger partial charge in [-0.25, -0.2) is 4.79 Å². The first-order valence-corrected chi connectivity index (χ1v) is 20.0. The Labute approximate surface area is 343 Å². The highest BCUT2D eigenvalue weighted by molar-refractivity contribution is 5.73. The molecule has 15 nitrogen and oxygen atoms in total. The smallest absolute Gasteiger partial charge is 0.330 e. The van der Waals surface area contributed by atoms with E-state index in [9.17, 15) is 19.2 Å². The summed E-state index contributed by atoms with van der Waals surface area (Å²) < 4.78 is 45.0. The topological polar surface area (TPSA) is 160 Å². The van der Waals surface area contributed by atoms with Crippen molar-refractivity contribution in [1.29, 1.82) is 0 Å². The first-order chi connectivity index (χ1) is 28.8. The Morgan fingerprint density at radius 2 is 1.15 bits per heavy atom. The molecular weight excluding hydrogens is 761 g/mol. The highest BCUT2D eigenvalue weighted by Gasteiger charge is 2.52. The van der Waals surface area contributed by atoms with Crippen LogP contribution in [0, 0.1) is 0 Å². The lowest BCUT2D eigenvalue weighted by Crippen LogP contribution is -2.53. The molecule has 3 aromatic carbocycles. The van der Waals surface area contributed by atoms with E-state index in [1.54, 1.807) is 4.90 Å². The number of H-pyrrole nitrogens is 1. The van der Waals surface area contributed by atoms with Crippen LogP contribution in [0.1, 0.15) is 36.8 Å². The molecular formula is C44H54N4O11. The minimum Gasteiger partial charge on any atom is -0.456 e. The molecule has 0 aliphatic carbocycles. The second-order valence-electron chi connectivity index (χ2n) is 14.2. The van der Waals surface area contributed by atoms with E-state index in [1.165, 1.54) is 30.7 Å². The predicted octanol–water partition coefficient (Wildman–Crippen LogP) is 2.97. The fourth-order valence-electron chi connectivity index (χ4n) is 7.64. The summed E-state index contributed by atoms with van der Waals surface area (Å²) in [5.41, 5.74) is 0.248. The van der Waals surface area contributed by atoms with Gasteiger partial charge in [0.2, 0.25) is 5.91 Å². The monoisotopic (exact) mass is 814 g/mol. The minimum absolute atomic E-state index is 0.0209. The summed E-state index contributed by atoms with van der Waals surface area (Å²) in [4.78, 5) is 56.5. The maximum Gasteiger partial charge on any atom is 0.330 e. The zero-order valence-electron chi connectivity index (χ0n) is 33.6. The highest BCUT2D eigenvalue weighted by atomic mass is 16.6. The van der Waals surface area contributed by atoms with Crippen molar-refractivity contribution < 1.29 is 42.7 Å². The predicted molar refractivity (Wildman–Crippen MR) is 217 cm³/mol. The van der Waals surface area contributed by atoms with E-state index < -0.39 is 47.3 Å². The van der Waals surface area contributed by atoms with Crippen LogP contribution in [0.5, 0.6) is 0 Å². The Kier molecular flexibility index (Phi) is 16.1. The molecule has 316 valence electrons. The van der Waals surface area contributed by atoms with Crippen LogP contribution in [0.4, 0.5) is 0 Å². The van der Waals surface area contributed by atoms with Crippen molar-refractivity contribution in [2.45, 2.75) is 43.9 Å². The molecule has 4 atom stereocenters. The summed E-state index contributed by atoms with van der Waals surface area (Å²) in [6, 6.07) is 30.3. The van der Waals surface area contributed by atoms with Crippen LogP contribution in [0.15, 0.2) is 113 Å². The molecule has 2 aliphatic heterocycles. The van der Waals surface area contributed by atoms with Crippen molar-refractivity contribution in [2.75, 3.05) is 85.6 Å². The van der Waals surface area contributed by atoms with Crippen LogP contribution in [-0.4, -0.2) is 135 Å². The van der Waals surface area contributed by atoms with Gasteiger partial charge in [-0.2, -0.15) is 0 Å². The van der Waals surface area contributed by atoms with E-state index in [0.717, 1.165) is 16.7 Å². The van der Waals surface area contributed by atoms with Crippen molar-refractivity contribution in [3.8, 4) is 0 Å². The van der Waals surface area contributed by atoms with Gasteiger partial charge in [0.15, 0.2) is 12.3 Å². The normalized spacial score (nSPS) is 22.2. The maximum atomic E-state index is 13.3. The number of hydrogen-bond donors (Lipinski definition) is 1. The molecule has 0 radical (unpaired) electrons. The molecule has 2 aliphatic rings. The lowest BCUT2D eigenvalue weighted by atomic mass is 9.80. The second-order valence-corrected chi connectivity index (χ2v) is 14.2. The fraction of sp³-hybridized carbons (Fsp3) is 0.455. The summed E-state index contributed by atoms with van der Waals surface area (Å²) in [6.07, 6.45) is -1.62. The number of nitrogens with one attached hydrogen (secondary N) is 1. The van der Waals surface area contributed by atoms with Gasteiger partial charge in [-0.15, -0.1) is 0 Å². The van der Waals surface area contributed by atoms with E-state index in [4.69, 9.17) is 33.2 Å². The number of carbonyl (C=O) groups is 2. The number of ether oxygens (including phenoxy) is 7. The van der Waals surface area contributed by atoms with Crippen LogP contribution in [0.25, 0.3) is 0 Å².